The summed E-state index contributed by atoms with van der Waals surface area (Å²) in [5, 5.41) is 10.9. The zero-order valence-electron chi connectivity index (χ0n) is 15.7. The molecule has 1 atom stereocenters. The van der Waals surface area contributed by atoms with Crippen LogP contribution in [0.15, 0.2) is 83.0 Å². The van der Waals surface area contributed by atoms with Gasteiger partial charge < -0.3 is 5.11 Å². The number of halogens is 1. The molecule has 0 saturated heterocycles. The van der Waals surface area contributed by atoms with Gasteiger partial charge in [0, 0.05) is 15.7 Å². The molecule has 3 nitrogen and oxygen atoms in total. The molecule has 28 heavy (non-hydrogen) atoms. The number of amides is 1. The van der Waals surface area contributed by atoms with Crippen LogP contribution in [-0.4, -0.2) is 11.0 Å². The topological polar surface area (TPSA) is 40.5 Å². The standard InChI is InChI=1S/C24H20BrNO2/c1-15-7-11-17(12-8-15)21-22(19-5-3-4-6-20(19)25)26(24(28)23(21)27)18-13-9-16(2)10-14-18/h3-14,22,27H,1-2H3/t22-/m0/s1. The van der Waals surface area contributed by atoms with Crippen LogP contribution in [-0.2, 0) is 4.79 Å². The minimum absolute atomic E-state index is 0.204. The zero-order chi connectivity index (χ0) is 19.8. The van der Waals surface area contributed by atoms with Gasteiger partial charge in [0.25, 0.3) is 5.91 Å². The van der Waals surface area contributed by atoms with E-state index in [1.807, 2.05) is 86.6 Å². The summed E-state index contributed by atoms with van der Waals surface area (Å²) in [7, 11) is 0. The normalized spacial score (nSPS) is 16.8. The fraction of sp³-hybridized carbons (Fsp3) is 0.125. The number of benzene rings is 3. The molecule has 3 aromatic rings. The highest BCUT2D eigenvalue weighted by molar-refractivity contribution is 9.10. The summed E-state index contributed by atoms with van der Waals surface area (Å²) in [6.07, 6.45) is 0. The van der Waals surface area contributed by atoms with Gasteiger partial charge in [-0.2, -0.15) is 0 Å². The first-order valence-electron chi connectivity index (χ1n) is 9.12. The summed E-state index contributed by atoms with van der Waals surface area (Å²) < 4.78 is 0.893. The summed E-state index contributed by atoms with van der Waals surface area (Å²) >= 11 is 3.63. The van der Waals surface area contributed by atoms with Gasteiger partial charge in [-0.15, -0.1) is 0 Å². The first-order valence-corrected chi connectivity index (χ1v) is 9.91. The Hall–Kier alpha value is -2.85. The van der Waals surface area contributed by atoms with Crippen LogP contribution in [0, 0.1) is 13.8 Å². The van der Waals surface area contributed by atoms with E-state index in [-0.39, 0.29) is 11.7 Å². The van der Waals surface area contributed by atoms with Crippen molar-refractivity contribution in [2.24, 2.45) is 0 Å². The molecule has 4 rings (SSSR count). The number of carbonyl (C=O) groups is 1. The molecule has 1 amide bonds. The van der Waals surface area contributed by atoms with Gasteiger partial charge in [0.15, 0.2) is 5.76 Å². The molecule has 0 bridgehead atoms. The molecule has 0 saturated carbocycles. The van der Waals surface area contributed by atoms with Gasteiger partial charge in [-0.3, -0.25) is 9.69 Å². The van der Waals surface area contributed by atoms with Crippen molar-refractivity contribution in [1.29, 1.82) is 0 Å². The number of aliphatic hydroxyl groups is 1. The third kappa shape index (κ3) is 3.14. The van der Waals surface area contributed by atoms with Crippen LogP contribution in [0.25, 0.3) is 5.57 Å². The van der Waals surface area contributed by atoms with Crippen LogP contribution in [0.3, 0.4) is 0 Å². The molecule has 1 heterocycles. The van der Waals surface area contributed by atoms with Crippen LogP contribution in [0.1, 0.15) is 28.3 Å². The second-order valence-corrected chi connectivity index (χ2v) is 7.92. The van der Waals surface area contributed by atoms with E-state index >= 15 is 0 Å². The van der Waals surface area contributed by atoms with Crippen molar-refractivity contribution in [2.75, 3.05) is 4.90 Å². The highest BCUT2D eigenvalue weighted by Crippen LogP contribution is 2.47. The van der Waals surface area contributed by atoms with Gasteiger partial charge in [-0.25, -0.2) is 0 Å². The van der Waals surface area contributed by atoms with E-state index < -0.39 is 6.04 Å². The molecule has 1 aliphatic rings. The van der Waals surface area contributed by atoms with Crippen LogP contribution in [0.4, 0.5) is 5.69 Å². The van der Waals surface area contributed by atoms with Crippen LogP contribution in [0.2, 0.25) is 0 Å². The molecule has 0 spiro atoms. The van der Waals surface area contributed by atoms with Crippen molar-refractivity contribution in [3.8, 4) is 0 Å². The molecule has 0 aliphatic carbocycles. The molecule has 140 valence electrons. The number of rotatable bonds is 3. The number of anilines is 1. The maximum absolute atomic E-state index is 13.1. The second kappa shape index (κ2) is 7.28. The van der Waals surface area contributed by atoms with Crippen LogP contribution >= 0.6 is 15.9 Å². The molecule has 3 aromatic carbocycles. The molecule has 1 aliphatic heterocycles. The Morgan fingerprint density at radius 3 is 2.04 bits per heavy atom. The minimum atomic E-state index is -0.423. The Balaban J connectivity index is 1.93. The summed E-state index contributed by atoms with van der Waals surface area (Å²) in [6, 6.07) is 23.1. The fourth-order valence-corrected chi connectivity index (χ4v) is 4.10. The highest BCUT2D eigenvalue weighted by Gasteiger charge is 2.42. The Labute approximate surface area is 173 Å². The first kappa shape index (κ1) is 18.5. The van der Waals surface area contributed by atoms with E-state index in [2.05, 4.69) is 15.9 Å². The number of carbonyl (C=O) groups excluding carboxylic acids is 1. The van der Waals surface area contributed by atoms with Gasteiger partial charge in [-0.1, -0.05) is 81.7 Å². The Kier molecular flexibility index (Phi) is 4.82. The lowest BCUT2D eigenvalue weighted by atomic mass is 9.93. The maximum Gasteiger partial charge on any atom is 0.294 e. The van der Waals surface area contributed by atoms with Crippen molar-refractivity contribution in [3.05, 3.63) is 105 Å². The summed E-state index contributed by atoms with van der Waals surface area (Å²) in [6.45, 7) is 4.02. The molecule has 0 aromatic heterocycles. The van der Waals surface area contributed by atoms with Crippen molar-refractivity contribution in [3.63, 3.8) is 0 Å². The quantitative estimate of drug-likeness (QED) is 0.539. The van der Waals surface area contributed by atoms with Crippen LogP contribution < -0.4 is 4.90 Å². The van der Waals surface area contributed by atoms with E-state index in [0.29, 0.717) is 5.57 Å². The van der Waals surface area contributed by atoms with Gasteiger partial charge in [-0.05, 0) is 43.2 Å². The predicted octanol–water partition coefficient (Wildman–Crippen LogP) is 6.12. The molecule has 1 N–H and O–H groups in total. The molecule has 0 radical (unpaired) electrons. The molecule has 0 fully saturated rings. The van der Waals surface area contributed by atoms with E-state index in [1.165, 1.54) is 0 Å². The SMILES string of the molecule is Cc1ccc(C2=C(O)C(=O)N(c3ccc(C)cc3)[C@H]2c2ccccc2Br)cc1. The number of aryl methyl sites for hydroxylation is 2. The fourth-order valence-electron chi connectivity index (χ4n) is 3.60. The Morgan fingerprint density at radius 1 is 0.857 bits per heavy atom. The molecule has 0 unspecified atom stereocenters. The zero-order valence-corrected chi connectivity index (χ0v) is 17.3. The predicted molar refractivity (Wildman–Crippen MR) is 116 cm³/mol. The summed E-state index contributed by atoms with van der Waals surface area (Å²) in [5.41, 5.74) is 5.38. The van der Waals surface area contributed by atoms with Crippen molar-refractivity contribution in [1.82, 2.24) is 0 Å². The summed E-state index contributed by atoms with van der Waals surface area (Å²) in [4.78, 5) is 14.8. The largest absolute Gasteiger partial charge is 0.503 e. The average Bonchev–Trinajstić information content (AvgIpc) is 2.95. The number of aliphatic hydroxyl groups excluding tert-OH is 1. The highest BCUT2D eigenvalue weighted by atomic mass is 79.9. The van der Waals surface area contributed by atoms with E-state index in [4.69, 9.17) is 0 Å². The third-order valence-corrected chi connectivity index (χ3v) is 5.80. The average molecular weight is 434 g/mol. The maximum atomic E-state index is 13.1. The van der Waals surface area contributed by atoms with E-state index in [0.717, 1.165) is 32.4 Å². The van der Waals surface area contributed by atoms with E-state index in [1.54, 1.807) is 4.90 Å². The lowest BCUT2D eigenvalue weighted by Crippen LogP contribution is -2.30. The number of hydrogen-bond donors (Lipinski definition) is 1. The molecule has 4 heteroatoms. The van der Waals surface area contributed by atoms with Gasteiger partial charge in [0.05, 0.1) is 6.04 Å². The lowest BCUT2D eigenvalue weighted by Gasteiger charge is -2.28. The monoisotopic (exact) mass is 433 g/mol. The van der Waals surface area contributed by atoms with Crippen molar-refractivity contribution in [2.45, 2.75) is 19.9 Å². The van der Waals surface area contributed by atoms with Gasteiger partial charge in [0.2, 0.25) is 0 Å². The number of hydrogen-bond acceptors (Lipinski definition) is 2. The Morgan fingerprint density at radius 2 is 1.43 bits per heavy atom. The van der Waals surface area contributed by atoms with Crippen LogP contribution in [0.5, 0.6) is 0 Å². The molecular weight excluding hydrogens is 414 g/mol. The van der Waals surface area contributed by atoms with Gasteiger partial charge >= 0.3 is 0 Å². The van der Waals surface area contributed by atoms with Gasteiger partial charge in [0.1, 0.15) is 0 Å². The summed E-state index contributed by atoms with van der Waals surface area (Å²) in [5.74, 6) is -0.592. The first-order chi connectivity index (χ1) is 13.5. The Bertz CT molecular complexity index is 1070. The third-order valence-electron chi connectivity index (χ3n) is 5.08. The lowest BCUT2D eigenvalue weighted by molar-refractivity contribution is -0.117. The molecular formula is C24H20BrNO2. The minimum Gasteiger partial charge on any atom is -0.503 e. The van der Waals surface area contributed by atoms with Crippen molar-refractivity contribution >= 4 is 33.1 Å². The number of nitrogens with zero attached hydrogens (tertiary/aromatic N) is 1. The van der Waals surface area contributed by atoms with Crippen molar-refractivity contribution < 1.29 is 9.90 Å². The smallest absolute Gasteiger partial charge is 0.294 e. The van der Waals surface area contributed by atoms with E-state index in [9.17, 15) is 9.90 Å². The second-order valence-electron chi connectivity index (χ2n) is 7.06.